The second-order valence-electron chi connectivity index (χ2n) is 7.69. The molecule has 4 aromatic rings. The Hall–Kier alpha value is -3.48. The average molecular weight is 425 g/mol. The molecule has 0 saturated carbocycles. The maximum Gasteiger partial charge on any atom is 0.573 e. The number of ether oxygens (including phenoxy) is 1. The summed E-state index contributed by atoms with van der Waals surface area (Å²) in [6.45, 7) is 4.55. The molecule has 0 aliphatic carbocycles. The summed E-state index contributed by atoms with van der Waals surface area (Å²) in [7, 11) is 0. The fourth-order valence-corrected chi connectivity index (χ4v) is 3.76. The van der Waals surface area contributed by atoms with E-state index in [4.69, 9.17) is 5.73 Å². The van der Waals surface area contributed by atoms with Crippen LogP contribution in [0.5, 0.6) is 5.75 Å². The van der Waals surface area contributed by atoms with Crippen molar-refractivity contribution in [2.24, 2.45) is 5.73 Å². The van der Waals surface area contributed by atoms with Crippen LogP contribution in [-0.2, 0) is 6.54 Å². The standard InChI is InChI=1S/C24H20F3N2O2/c1-14(2)16-8-11-18-21(12-16)29(20-5-3-4-19(22(18)20)23(28)30)13-15-6-9-17(10-7-15)31-24(25,26)27/h3-10,12,14H,13H2,1-2H3,(H2,28,30). The SMILES string of the molecule is CC(C)c1c[c]c2c3c(C(N)=O)cccc3n(Cc3ccc(OC(F)(F)F)cc3)c2c1. The third-order valence-electron chi connectivity index (χ3n) is 5.25. The Bertz CT molecular complexity index is 1270. The van der Waals surface area contributed by atoms with Crippen molar-refractivity contribution >= 4 is 27.7 Å². The van der Waals surface area contributed by atoms with Crippen LogP contribution in [0.15, 0.2) is 54.6 Å². The number of carbonyl (C=O) groups excluding carboxylic acids is 1. The van der Waals surface area contributed by atoms with Crippen molar-refractivity contribution in [3.05, 3.63) is 77.4 Å². The van der Waals surface area contributed by atoms with E-state index in [1.54, 1.807) is 24.3 Å². The van der Waals surface area contributed by atoms with Gasteiger partial charge in [0.05, 0.1) is 11.0 Å². The minimum absolute atomic E-state index is 0.273. The molecule has 3 aromatic carbocycles. The van der Waals surface area contributed by atoms with E-state index in [1.807, 2.05) is 16.7 Å². The number of fused-ring (bicyclic) bond motifs is 3. The van der Waals surface area contributed by atoms with Gasteiger partial charge in [-0.25, -0.2) is 0 Å². The van der Waals surface area contributed by atoms with Gasteiger partial charge in [-0.15, -0.1) is 13.2 Å². The lowest BCUT2D eigenvalue weighted by atomic mass is 10.00. The topological polar surface area (TPSA) is 57.2 Å². The van der Waals surface area contributed by atoms with Crippen molar-refractivity contribution in [3.63, 3.8) is 0 Å². The molecule has 0 saturated heterocycles. The first kappa shape index (κ1) is 20.8. The van der Waals surface area contributed by atoms with Crippen molar-refractivity contribution in [1.29, 1.82) is 0 Å². The van der Waals surface area contributed by atoms with Gasteiger partial charge in [0.25, 0.3) is 0 Å². The van der Waals surface area contributed by atoms with E-state index >= 15 is 0 Å². The Balaban J connectivity index is 1.86. The zero-order valence-corrected chi connectivity index (χ0v) is 17.0. The van der Waals surface area contributed by atoms with Gasteiger partial charge in [0.2, 0.25) is 5.91 Å². The Morgan fingerprint density at radius 1 is 1.13 bits per heavy atom. The molecule has 1 heterocycles. The first-order chi connectivity index (χ1) is 14.6. The zero-order valence-electron chi connectivity index (χ0n) is 17.0. The molecule has 0 unspecified atom stereocenters. The lowest BCUT2D eigenvalue weighted by Crippen LogP contribution is -2.17. The van der Waals surface area contributed by atoms with E-state index in [1.165, 1.54) is 12.1 Å². The highest BCUT2D eigenvalue weighted by molar-refractivity contribution is 6.17. The molecule has 1 aromatic heterocycles. The fraction of sp³-hybridized carbons (Fsp3) is 0.208. The summed E-state index contributed by atoms with van der Waals surface area (Å²) < 4.78 is 43.3. The van der Waals surface area contributed by atoms with E-state index in [2.05, 4.69) is 30.7 Å². The fourth-order valence-electron chi connectivity index (χ4n) is 3.76. The average Bonchev–Trinajstić information content (AvgIpc) is 3.01. The molecule has 31 heavy (non-hydrogen) atoms. The molecule has 0 aliphatic rings. The lowest BCUT2D eigenvalue weighted by molar-refractivity contribution is -0.274. The zero-order chi connectivity index (χ0) is 22.3. The van der Waals surface area contributed by atoms with Crippen molar-refractivity contribution < 1.29 is 22.7 Å². The number of hydrogen-bond acceptors (Lipinski definition) is 2. The van der Waals surface area contributed by atoms with Crippen LogP contribution in [0.25, 0.3) is 21.8 Å². The summed E-state index contributed by atoms with van der Waals surface area (Å²) in [5, 5.41) is 1.50. The van der Waals surface area contributed by atoms with Crippen molar-refractivity contribution in [2.45, 2.75) is 32.7 Å². The molecule has 2 N–H and O–H groups in total. The van der Waals surface area contributed by atoms with Gasteiger partial charge in [-0.2, -0.15) is 0 Å². The van der Waals surface area contributed by atoms with Crippen LogP contribution in [0.1, 0.15) is 41.3 Å². The van der Waals surface area contributed by atoms with Crippen molar-refractivity contribution in [3.8, 4) is 5.75 Å². The van der Waals surface area contributed by atoms with Gasteiger partial charge >= 0.3 is 6.36 Å². The maximum absolute atomic E-state index is 12.4. The van der Waals surface area contributed by atoms with E-state index in [0.29, 0.717) is 12.1 Å². The van der Waals surface area contributed by atoms with Gasteiger partial charge < -0.3 is 15.0 Å². The largest absolute Gasteiger partial charge is 0.573 e. The molecule has 0 bridgehead atoms. The minimum Gasteiger partial charge on any atom is -0.406 e. The van der Waals surface area contributed by atoms with Gasteiger partial charge in [0, 0.05) is 22.9 Å². The highest BCUT2D eigenvalue weighted by atomic mass is 19.4. The molecular formula is C24H20F3N2O2. The number of primary amides is 1. The number of nitrogens with two attached hydrogens (primary N) is 1. The summed E-state index contributed by atoms with van der Waals surface area (Å²) in [6, 6.07) is 18.4. The van der Waals surface area contributed by atoms with E-state index in [-0.39, 0.29) is 11.7 Å². The Labute approximate surface area is 177 Å². The summed E-state index contributed by atoms with van der Waals surface area (Å²) in [4.78, 5) is 12.0. The highest BCUT2D eigenvalue weighted by Gasteiger charge is 2.31. The van der Waals surface area contributed by atoms with Gasteiger partial charge in [0.15, 0.2) is 0 Å². The van der Waals surface area contributed by atoms with Crippen LogP contribution in [0.4, 0.5) is 13.2 Å². The summed E-state index contributed by atoms with van der Waals surface area (Å²) in [5.74, 6) is -0.522. The molecule has 159 valence electrons. The highest BCUT2D eigenvalue weighted by Crippen LogP contribution is 2.34. The predicted molar refractivity (Wildman–Crippen MR) is 113 cm³/mol. The number of amides is 1. The predicted octanol–water partition coefficient (Wildman–Crippen LogP) is 5.76. The van der Waals surface area contributed by atoms with E-state index < -0.39 is 12.3 Å². The van der Waals surface area contributed by atoms with Gasteiger partial charge in [-0.3, -0.25) is 4.79 Å². The molecule has 1 amide bonds. The van der Waals surface area contributed by atoms with Crippen molar-refractivity contribution in [2.75, 3.05) is 0 Å². The Kier molecular flexibility index (Phi) is 5.13. The number of hydrogen-bond donors (Lipinski definition) is 1. The number of rotatable bonds is 5. The monoisotopic (exact) mass is 425 g/mol. The maximum atomic E-state index is 12.4. The van der Waals surface area contributed by atoms with E-state index in [9.17, 15) is 18.0 Å². The number of benzene rings is 3. The Morgan fingerprint density at radius 2 is 1.84 bits per heavy atom. The normalized spacial score (nSPS) is 12.1. The molecule has 4 nitrogen and oxygen atoms in total. The van der Waals surface area contributed by atoms with Crippen LogP contribution in [0, 0.1) is 6.07 Å². The summed E-state index contributed by atoms with van der Waals surface area (Å²) in [5.41, 5.74) is 9.58. The molecule has 0 fully saturated rings. The first-order valence-corrected chi connectivity index (χ1v) is 9.75. The first-order valence-electron chi connectivity index (χ1n) is 9.75. The number of halogens is 3. The third kappa shape index (κ3) is 4.08. The lowest BCUT2D eigenvalue weighted by Gasteiger charge is -2.12. The molecule has 0 atom stereocenters. The second kappa shape index (κ2) is 7.65. The quantitative estimate of drug-likeness (QED) is 0.442. The third-order valence-corrected chi connectivity index (χ3v) is 5.25. The van der Waals surface area contributed by atoms with Crippen LogP contribution in [0.3, 0.4) is 0 Å². The van der Waals surface area contributed by atoms with Crippen LogP contribution < -0.4 is 10.5 Å². The minimum atomic E-state index is -4.73. The van der Waals surface area contributed by atoms with Crippen LogP contribution in [0.2, 0.25) is 0 Å². The van der Waals surface area contributed by atoms with Crippen LogP contribution in [-0.4, -0.2) is 16.8 Å². The number of alkyl halides is 3. The number of nitrogens with zero attached hydrogens (tertiary/aromatic N) is 1. The van der Waals surface area contributed by atoms with E-state index in [0.717, 1.165) is 32.9 Å². The van der Waals surface area contributed by atoms with Gasteiger partial charge in [0.1, 0.15) is 5.75 Å². The molecule has 4 rings (SSSR count). The molecular weight excluding hydrogens is 405 g/mol. The Morgan fingerprint density at radius 3 is 2.45 bits per heavy atom. The summed E-state index contributed by atoms with van der Waals surface area (Å²) >= 11 is 0. The molecule has 7 heteroatoms. The van der Waals surface area contributed by atoms with Gasteiger partial charge in [-0.05, 0) is 53.4 Å². The van der Waals surface area contributed by atoms with Crippen LogP contribution >= 0.6 is 0 Å². The van der Waals surface area contributed by atoms with Gasteiger partial charge in [-0.1, -0.05) is 38.1 Å². The molecule has 0 aliphatic heterocycles. The summed E-state index contributed by atoms with van der Waals surface area (Å²) in [6.07, 6.45) is -4.73. The number of aromatic nitrogens is 1. The molecule has 0 spiro atoms. The smallest absolute Gasteiger partial charge is 0.406 e. The van der Waals surface area contributed by atoms with Crippen molar-refractivity contribution in [1.82, 2.24) is 4.57 Å². The number of carbonyl (C=O) groups is 1. The second-order valence-corrected chi connectivity index (χ2v) is 7.69. The molecule has 1 radical (unpaired) electrons.